The maximum atomic E-state index is 12.5. The molecule has 5 nitrogen and oxygen atoms in total. The summed E-state index contributed by atoms with van der Waals surface area (Å²) in [6.45, 7) is 6.64. The number of aryl methyl sites for hydroxylation is 1. The van der Waals surface area contributed by atoms with Crippen molar-refractivity contribution in [2.45, 2.75) is 39.8 Å². The standard InChI is InChI=1S/C16H24N2O3/c1-5-18(13(3)10-15(19)20)16(21)17(4)11-14-9-7-6-8-12(14)2/h6-9,13H,5,10-11H2,1-4H3,(H,19,20). The van der Waals surface area contributed by atoms with Gasteiger partial charge in [-0.15, -0.1) is 0 Å². The first-order valence-corrected chi connectivity index (χ1v) is 7.14. The van der Waals surface area contributed by atoms with E-state index in [1.165, 1.54) is 0 Å². The predicted molar refractivity (Wildman–Crippen MR) is 82.1 cm³/mol. The molecule has 1 aromatic rings. The maximum Gasteiger partial charge on any atom is 0.320 e. The van der Waals surface area contributed by atoms with Crippen LogP contribution in [0.25, 0.3) is 0 Å². The number of hydrogen-bond acceptors (Lipinski definition) is 2. The summed E-state index contributed by atoms with van der Waals surface area (Å²) in [4.78, 5) is 26.5. The molecule has 0 radical (unpaired) electrons. The first-order valence-electron chi connectivity index (χ1n) is 7.14. The predicted octanol–water partition coefficient (Wildman–Crippen LogP) is 2.73. The van der Waals surface area contributed by atoms with Crippen LogP contribution in [0.1, 0.15) is 31.4 Å². The van der Waals surface area contributed by atoms with Gasteiger partial charge in [0.05, 0.1) is 6.42 Å². The number of amides is 2. The highest BCUT2D eigenvalue weighted by molar-refractivity contribution is 5.76. The lowest BCUT2D eigenvalue weighted by molar-refractivity contribution is -0.138. The number of aliphatic carboxylic acids is 1. The lowest BCUT2D eigenvalue weighted by Gasteiger charge is -2.31. The molecule has 116 valence electrons. The quantitative estimate of drug-likeness (QED) is 0.877. The first kappa shape index (κ1) is 17.0. The number of rotatable bonds is 6. The van der Waals surface area contributed by atoms with Crippen molar-refractivity contribution in [3.8, 4) is 0 Å². The molecule has 0 aliphatic rings. The summed E-state index contributed by atoms with van der Waals surface area (Å²) < 4.78 is 0. The molecule has 0 aliphatic carbocycles. The van der Waals surface area contributed by atoms with Gasteiger partial charge in [-0.05, 0) is 31.9 Å². The van der Waals surface area contributed by atoms with E-state index < -0.39 is 5.97 Å². The summed E-state index contributed by atoms with van der Waals surface area (Å²) in [7, 11) is 1.74. The van der Waals surface area contributed by atoms with E-state index in [0.717, 1.165) is 11.1 Å². The molecule has 1 unspecified atom stereocenters. The summed E-state index contributed by atoms with van der Waals surface area (Å²) in [6.07, 6.45) is -0.0439. The van der Waals surface area contributed by atoms with E-state index in [9.17, 15) is 9.59 Å². The summed E-state index contributed by atoms with van der Waals surface area (Å²) in [5.41, 5.74) is 2.23. The number of nitrogens with zero attached hydrogens (tertiary/aromatic N) is 2. The molecule has 1 aromatic carbocycles. The SMILES string of the molecule is CCN(C(=O)N(C)Cc1ccccc1C)C(C)CC(=O)O. The number of benzene rings is 1. The number of urea groups is 1. The Morgan fingerprint density at radius 3 is 2.43 bits per heavy atom. The molecular weight excluding hydrogens is 268 g/mol. The van der Waals surface area contributed by atoms with Gasteiger partial charge in [0.1, 0.15) is 0 Å². The molecule has 0 fully saturated rings. The van der Waals surface area contributed by atoms with Crippen molar-refractivity contribution >= 4 is 12.0 Å². The van der Waals surface area contributed by atoms with Crippen LogP contribution in [0.15, 0.2) is 24.3 Å². The largest absolute Gasteiger partial charge is 0.481 e. The first-order chi connectivity index (χ1) is 9.86. The Balaban J connectivity index is 2.75. The van der Waals surface area contributed by atoms with E-state index in [1.54, 1.807) is 23.8 Å². The van der Waals surface area contributed by atoms with Gasteiger partial charge in [0.25, 0.3) is 0 Å². The zero-order chi connectivity index (χ0) is 16.0. The van der Waals surface area contributed by atoms with Crippen molar-refractivity contribution in [2.24, 2.45) is 0 Å². The number of hydrogen-bond donors (Lipinski definition) is 1. The fourth-order valence-corrected chi connectivity index (χ4v) is 2.33. The van der Waals surface area contributed by atoms with Crippen LogP contribution in [0.4, 0.5) is 4.79 Å². The molecule has 1 rings (SSSR count). The van der Waals surface area contributed by atoms with Crippen molar-refractivity contribution in [2.75, 3.05) is 13.6 Å². The minimum atomic E-state index is -0.893. The van der Waals surface area contributed by atoms with Crippen molar-refractivity contribution in [1.29, 1.82) is 0 Å². The van der Waals surface area contributed by atoms with Crippen LogP contribution in [0.3, 0.4) is 0 Å². The average molecular weight is 292 g/mol. The van der Waals surface area contributed by atoms with E-state index in [2.05, 4.69) is 0 Å². The molecule has 0 heterocycles. The van der Waals surface area contributed by atoms with Crippen LogP contribution < -0.4 is 0 Å². The van der Waals surface area contributed by atoms with Crippen LogP contribution in [-0.2, 0) is 11.3 Å². The third-order valence-corrected chi connectivity index (χ3v) is 3.58. The highest BCUT2D eigenvalue weighted by Crippen LogP contribution is 2.13. The zero-order valence-corrected chi connectivity index (χ0v) is 13.2. The Kier molecular flexibility index (Phi) is 6.21. The molecule has 2 amide bonds. The molecule has 0 saturated carbocycles. The summed E-state index contributed by atoms with van der Waals surface area (Å²) in [6, 6.07) is 7.46. The van der Waals surface area contributed by atoms with Gasteiger partial charge in [0.15, 0.2) is 0 Å². The summed E-state index contributed by atoms with van der Waals surface area (Å²) >= 11 is 0. The molecular formula is C16H24N2O3. The van der Waals surface area contributed by atoms with Crippen LogP contribution >= 0.6 is 0 Å². The lowest BCUT2D eigenvalue weighted by Crippen LogP contribution is -2.46. The van der Waals surface area contributed by atoms with E-state index in [-0.39, 0.29) is 18.5 Å². The smallest absolute Gasteiger partial charge is 0.320 e. The average Bonchev–Trinajstić information content (AvgIpc) is 2.41. The van der Waals surface area contributed by atoms with Gasteiger partial charge < -0.3 is 14.9 Å². The van der Waals surface area contributed by atoms with E-state index >= 15 is 0 Å². The summed E-state index contributed by atoms with van der Waals surface area (Å²) in [5.74, 6) is -0.893. The minimum absolute atomic E-state index is 0.0439. The Hall–Kier alpha value is -2.04. The summed E-state index contributed by atoms with van der Waals surface area (Å²) in [5, 5.41) is 8.87. The topological polar surface area (TPSA) is 60.9 Å². The molecule has 0 saturated heterocycles. The fraction of sp³-hybridized carbons (Fsp3) is 0.500. The van der Waals surface area contributed by atoms with E-state index in [4.69, 9.17) is 5.11 Å². The Morgan fingerprint density at radius 1 is 1.29 bits per heavy atom. The number of carboxylic acids is 1. The van der Waals surface area contributed by atoms with Gasteiger partial charge in [0.2, 0.25) is 0 Å². The van der Waals surface area contributed by atoms with Crippen molar-refractivity contribution in [1.82, 2.24) is 9.80 Å². The van der Waals surface area contributed by atoms with Gasteiger partial charge in [-0.3, -0.25) is 4.79 Å². The van der Waals surface area contributed by atoms with Crippen molar-refractivity contribution in [3.05, 3.63) is 35.4 Å². The van der Waals surface area contributed by atoms with E-state index in [1.807, 2.05) is 38.1 Å². The molecule has 0 aromatic heterocycles. The molecule has 1 N–H and O–H groups in total. The van der Waals surface area contributed by atoms with Crippen LogP contribution in [0.2, 0.25) is 0 Å². The maximum absolute atomic E-state index is 12.5. The molecule has 1 atom stereocenters. The van der Waals surface area contributed by atoms with Crippen LogP contribution in [-0.4, -0.2) is 46.5 Å². The molecule has 0 aliphatic heterocycles. The number of carbonyl (C=O) groups is 2. The van der Waals surface area contributed by atoms with Crippen LogP contribution in [0.5, 0.6) is 0 Å². The molecule has 0 spiro atoms. The monoisotopic (exact) mass is 292 g/mol. The third kappa shape index (κ3) is 4.77. The Labute approximate surface area is 126 Å². The second-order valence-electron chi connectivity index (χ2n) is 5.30. The Morgan fingerprint density at radius 2 is 1.90 bits per heavy atom. The van der Waals surface area contributed by atoms with Gasteiger partial charge >= 0.3 is 12.0 Å². The van der Waals surface area contributed by atoms with Gasteiger partial charge in [-0.2, -0.15) is 0 Å². The van der Waals surface area contributed by atoms with Crippen molar-refractivity contribution < 1.29 is 14.7 Å². The zero-order valence-electron chi connectivity index (χ0n) is 13.2. The molecule has 0 bridgehead atoms. The minimum Gasteiger partial charge on any atom is -0.481 e. The van der Waals surface area contributed by atoms with Crippen LogP contribution in [0, 0.1) is 6.92 Å². The van der Waals surface area contributed by atoms with Gasteiger partial charge in [0, 0.05) is 26.2 Å². The van der Waals surface area contributed by atoms with Gasteiger partial charge in [-0.25, -0.2) is 4.79 Å². The van der Waals surface area contributed by atoms with Gasteiger partial charge in [-0.1, -0.05) is 24.3 Å². The fourth-order valence-electron chi connectivity index (χ4n) is 2.33. The second-order valence-corrected chi connectivity index (χ2v) is 5.30. The highest BCUT2D eigenvalue weighted by Gasteiger charge is 2.23. The highest BCUT2D eigenvalue weighted by atomic mass is 16.4. The third-order valence-electron chi connectivity index (χ3n) is 3.58. The number of carboxylic acid groups (broad SMARTS) is 1. The number of carbonyl (C=O) groups excluding carboxylic acids is 1. The molecule has 21 heavy (non-hydrogen) atoms. The Bertz CT molecular complexity index is 502. The van der Waals surface area contributed by atoms with E-state index in [0.29, 0.717) is 13.1 Å². The second kappa shape index (κ2) is 7.67. The van der Waals surface area contributed by atoms with Crippen molar-refractivity contribution in [3.63, 3.8) is 0 Å². The molecule has 5 heteroatoms. The normalized spacial score (nSPS) is 11.8. The lowest BCUT2D eigenvalue weighted by atomic mass is 10.1.